The van der Waals surface area contributed by atoms with Crippen molar-refractivity contribution in [2.75, 3.05) is 11.9 Å². The highest BCUT2D eigenvalue weighted by Gasteiger charge is 2.38. The van der Waals surface area contributed by atoms with Crippen molar-refractivity contribution in [2.24, 2.45) is 0 Å². The number of aromatic amines is 1. The van der Waals surface area contributed by atoms with Crippen molar-refractivity contribution < 1.29 is 19.4 Å². The van der Waals surface area contributed by atoms with E-state index in [9.17, 15) is 9.59 Å². The summed E-state index contributed by atoms with van der Waals surface area (Å²) in [6.07, 6.45) is 1.49. The summed E-state index contributed by atoms with van der Waals surface area (Å²) in [6.45, 7) is 2.27. The number of rotatable bonds is 3. The Balaban J connectivity index is 2.05. The van der Waals surface area contributed by atoms with Crippen molar-refractivity contribution in [2.45, 2.75) is 25.4 Å². The number of aromatic nitrogens is 2. The summed E-state index contributed by atoms with van der Waals surface area (Å²) in [5.74, 6) is -1.25. The van der Waals surface area contributed by atoms with Crippen LogP contribution in [0, 0.1) is 0 Å². The van der Waals surface area contributed by atoms with Crippen molar-refractivity contribution in [1.29, 1.82) is 0 Å². The van der Waals surface area contributed by atoms with E-state index in [2.05, 4.69) is 15.5 Å². The number of hydrogen-bond acceptors (Lipinski definition) is 4. The average molecular weight is 239 g/mol. The standard InChI is InChI=1S/C10H13N3O4/c1-10(3-2-4-17-10)9(16)11-7-5-6(8(14)15)12-13-7/h5H,2-4H2,1H3,(H,14,15)(H2,11,12,13,16). The van der Waals surface area contributed by atoms with Crippen LogP contribution in [0.5, 0.6) is 0 Å². The Bertz CT molecular complexity index is 448. The fraction of sp³-hybridized carbons (Fsp3) is 0.500. The summed E-state index contributed by atoms with van der Waals surface area (Å²) < 4.78 is 5.36. The number of aromatic carboxylic acids is 1. The predicted octanol–water partition coefficient (Wildman–Crippen LogP) is 0.615. The van der Waals surface area contributed by atoms with Crippen LogP contribution in [0.15, 0.2) is 6.07 Å². The van der Waals surface area contributed by atoms with Gasteiger partial charge in [0.2, 0.25) is 0 Å². The third kappa shape index (κ3) is 2.28. The molecule has 1 aromatic rings. The second-order valence-electron chi connectivity index (χ2n) is 4.11. The summed E-state index contributed by atoms with van der Waals surface area (Å²) in [5.41, 5.74) is -0.916. The first-order valence-corrected chi connectivity index (χ1v) is 5.25. The number of carboxylic acid groups (broad SMARTS) is 1. The van der Waals surface area contributed by atoms with E-state index >= 15 is 0 Å². The zero-order chi connectivity index (χ0) is 12.5. The summed E-state index contributed by atoms with van der Waals surface area (Å²) in [5, 5.41) is 17.2. The first kappa shape index (κ1) is 11.6. The fourth-order valence-corrected chi connectivity index (χ4v) is 1.70. The SMILES string of the molecule is CC1(C(=O)Nc2cc(C(=O)O)[nH]n2)CCCO1. The van der Waals surface area contributed by atoms with E-state index in [4.69, 9.17) is 9.84 Å². The highest BCUT2D eigenvalue weighted by molar-refractivity contribution is 5.97. The van der Waals surface area contributed by atoms with E-state index in [-0.39, 0.29) is 17.4 Å². The van der Waals surface area contributed by atoms with Gasteiger partial charge in [-0.05, 0) is 19.8 Å². The first-order valence-electron chi connectivity index (χ1n) is 5.25. The van der Waals surface area contributed by atoms with Crippen LogP contribution in [0.1, 0.15) is 30.3 Å². The van der Waals surface area contributed by atoms with Gasteiger partial charge in [-0.2, -0.15) is 5.10 Å². The van der Waals surface area contributed by atoms with Gasteiger partial charge in [0.1, 0.15) is 11.3 Å². The fourth-order valence-electron chi connectivity index (χ4n) is 1.70. The number of carboxylic acids is 1. The smallest absolute Gasteiger partial charge is 0.353 e. The number of ether oxygens (including phenoxy) is 1. The molecule has 1 aliphatic heterocycles. The van der Waals surface area contributed by atoms with Gasteiger partial charge in [0.25, 0.3) is 5.91 Å². The van der Waals surface area contributed by atoms with Crippen molar-refractivity contribution in [3.05, 3.63) is 11.8 Å². The maximum Gasteiger partial charge on any atom is 0.353 e. The molecule has 1 aromatic heterocycles. The molecule has 1 atom stereocenters. The third-order valence-electron chi connectivity index (χ3n) is 2.75. The Morgan fingerprint density at radius 1 is 1.65 bits per heavy atom. The lowest BCUT2D eigenvalue weighted by Crippen LogP contribution is -2.39. The number of nitrogens with one attached hydrogen (secondary N) is 2. The Morgan fingerprint density at radius 2 is 2.41 bits per heavy atom. The number of anilines is 1. The molecule has 1 amide bonds. The van der Waals surface area contributed by atoms with Crippen LogP contribution in [0.4, 0.5) is 5.82 Å². The molecule has 1 aliphatic rings. The number of carbonyl (C=O) groups is 2. The van der Waals surface area contributed by atoms with Gasteiger partial charge in [-0.3, -0.25) is 9.89 Å². The maximum atomic E-state index is 11.9. The molecule has 0 aromatic carbocycles. The number of H-pyrrole nitrogens is 1. The van der Waals surface area contributed by atoms with Gasteiger partial charge in [0.15, 0.2) is 5.82 Å². The van der Waals surface area contributed by atoms with Gasteiger partial charge in [-0.15, -0.1) is 0 Å². The van der Waals surface area contributed by atoms with Gasteiger partial charge in [-0.1, -0.05) is 0 Å². The summed E-state index contributed by atoms with van der Waals surface area (Å²) >= 11 is 0. The molecule has 0 saturated carbocycles. The summed E-state index contributed by atoms with van der Waals surface area (Å²) in [7, 11) is 0. The van der Waals surface area contributed by atoms with E-state index in [1.165, 1.54) is 6.07 Å². The number of amides is 1. The van der Waals surface area contributed by atoms with E-state index in [1.807, 2.05) is 0 Å². The third-order valence-corrected chi connectivity index (χ3v) is 2.75. The van der Waals surface area contributed by atoms with Crippen LogP contribution >= 0.6 is 0 Å². The van der Waals surface area contributed by atoms with Gasteiger partial charge >= 0.3 is 5.97 Å². The van der Waals surface area contributed by atoms with Crippen LogP contribution in [0.3, 0.4) is 0 Å². The lowest BCUT2D eigenvalue weighted by atomic mass is 10.0. The monoisotopic (exact) mass is 239 g/mol. The van der Waals surface area contributed by atoms with Crippen molar-refractivity contribution in [3.8, 4) is 0 Å². The van der Waals surface area contributed by atoms with Crippen molar-refractivity contribution >= 4 is 17.7 Å². The Kier molecular flexibility index (Phi) is 2.84. The molecular weight excluding hydrogens is 226 g/mol. The summed E-state index contributed by atoms with van der Waals surface area (Å²) in [6, 6.07) is 1.26. The normalized spacial score (nSPS) is 23.6. The molecule has 0 radical (unpaired) electrons. The topological polar surface area (TPSA) is 104 Å². The molecule has 0 aliphatic carbocycles. The molecule has 7 nitrogen and oxygen atoms in total. The molecule has 0 spiro atoms. The van der Waals surface area contributed by atoms with Crippen LogP contribution in [-0.4, -0.2) is 39.4 Å². The molecule has 92 valence electrons. The zero-order valence-corrected chi connectivity index (χ0v) is 9.32. The largest absolute Gasteiger partial charge is 0.477 e. The molecule has 3 N–H and O–H groups in total. The zero-order valence-electron chi connectivity index (χ0n) is 9.32. The van der Waals surface area contributed by atoms with Gasteiger partial charge in [0, 0.05) is 12.7 Å². The molecule has 17 heavy (non-hydrogen) atoms. The van der Waals surface area contributed by atoms with Gasteiger partial charge < -0.3 is 15.2 Å². The number of hydrogen-bond donors (Lipinski definition) is 3. The quantitative estimate of drug-likeness (QED) is 0.717. The van der Waals surface area contributed by atoms with Crippen LogP contribution in [-0.2, 0) is 9.53 Å². The van der Waals surface area contributed by atoms with Crippen LogP contribution < -0.4 is 5.32 Å². The van der Waals surface area contributed by atoms with Crippen molar-refractivity contribution in [3.63, 3.8) is 0 Å². The van der Waals surface area contributed by atoms with E-state index in [0.29, 0.717) is 13.0 Å². The minimum Gasteiger partial charge on any atom is -0.477 e. The maximum absolute atomic E-state index is 11.9. The van der Waals surface area contributed by atoms with Crippen LogP contribution in [0.25, 0.3) is 0 Å². The van der Waals surface area contributed by atoms with Gasteiger partial charge in [-0.25, -0.2) is 4.79 Å². The highest BCUT2D eigenvalue weighted by atomic mass is 16.5. The molecule has 2 rings (SSSR count). The Hall–Kier alpha value is -1.89. The first-order chi connectivity index (χ1) is 8.01. The molecule has 1 unspecified atom stereocenters. The molecule has 7 heteroatoms. The van der Waals surface area contributed by atoms with Gasteiger partial charge in [0.05, 0.1) is 0 Å². The lowest BCUT2D eigenvalue weighted by Gasteiger charge is -2.20. The van der Waals surface area contributed by atoms with Crippen molar-refractivity contribution in [1.82, 2.24) is 10.2 Å². The molecule has 0 bridgehead atoms. The molecule has 2 heterocycles. The molecular formula is C10H13N3O4. The Labute approximate surface area is 97.2 Å². The second-order valence-corrected chi connectivity index (χ2v) is 4.11. The molecule has 1 fully saturated rings. The minimum absolute atomic E-state index is 0.0715. The summed E-state index contributed by atoms with van der Waals surface area (Å²) in [4.78, 5) is 22.5. The minimum atomic E-state index is -1.12. The predicted molar refractivity (Wildman–Crippen MR) is 57.8 cm³/mol. The lowest BCUT2D eigenvalue weighted by molar-refractivity contribution is -0.133. The molecule has 1 saturated heterocycles. The number of carbonyl (C=O) groups excluding carboxylic acids is 1. The van der Waals surface area contributed by atoms with E-state index in [1.54, 1.807) is 6.92 Å². The Morgan fingerprint density at radius 3 is 2.94 bits per heavy atom. The van der Waals surface area contributed by atoms with Crippen LogP contribution in [0.2, 0.25) is 0 Å². The average Bonchev–Trinajstić information content (AvgIpc) is 2.88. The van der Waals surface area contributed by atoms with E-state index in [0.717, 1.165) is 6.42 Å². The second kappa shape index (κ2) is 4.17. The van der Waals surface area contributed by atoms with E-state index < -0.39 is 11.6 Å². The number of nitrogens with zero attached hydrogens (tertiary/aromatic N) is 1. The highest BCUT2D eigenvalue weighted by Crippen LogP contribution is 2.26.